The second kappa shape index (κ2) is 6.36. The minimum absolute atomic E-state index is 0.107. The molecule has 1 amide bonds. The third kappa shape index (κ3) is 3.68. The van der Waals surface area contributed by atoms with Crippen LogP contribution >= 0.6 is 31.9 Å². The molecule has 7 heteroatoms. The van der Waals surface area contributed by atoms with Crippen molar-refractivity contribution in [1.29, 1.82) is 0 Å². The van der Waals surface area contributed by atoms with Crippen molar-refractivity contribution in [2.24, 2.45) is 0 Å². The van der Waals surface area contributed by atoms with Crippen molar-refractivity contribution in [2.45, 2.75) is 6.92 Å². The fraction of sp³-hybridized carbons (Fsp3) is 0.0714. The van der Waals surface area contributed by atoms with Crippen LogP contribution in [0.3, 0.4) is 0 Å². The maximum Gasteiger partial charge on any atom is 0.354 e. The van der Waals surface area contributed by atoms with E-state index in [-0.39, 0.29) is 17.2 Å². The number of carbonyl (C=O) groups is 2. The second-order valence-electron chi connectivity index (χ2n) is 4.29. The summed E-state index contributed by atoms with van der Waals surface area (Å²) in [5, 5.41) is 11.5. The van der Waals surface area contributed by atoms with Crippen molar-refractivity contribution in [3.63, 3.8) is 0 Å². The standard InChI is InChI=1S/C14H10Br2N2O3/c1-7-4-9(15)12(10(16)5-7)18-13(19)8-2-3-11(14(20)21)17-6-8/h2-6H,1H3,(H,18,19)(H,20,21). The van der Waals surface area contributed by atoms with E-state index in [2.05, 4.69) is 42.2 Å². The lowest BCUT2D eigenvalue weighted by molar-refractivity contribution is 0.0690. The summed E-state index contributed by atoms with van der Waals surface area (Å²) in [6.45, 7) is 1.94. The lowest BCUT2D eigenvalue weighted by Gasteiger charge is -2.10. The van der Waals surface area contributed by atoms with E-state index in [0.29, 0.717) is 5.69 Å². The number of benzene rings is 1. The maximum absolute atomic E-state index is 12.1. The molecule has 0 fully saturated rings. The van der Waals surface area contributed by atoms with Crippen LogP contribution in [-0.2, 0) is 0 Å². The number of amides is 1. The Morgan fingerprint density at radius 1 is 1.19 bits per heavy atom. The number of rotatable bonds is 3. The molecule has 0 saturated carbocycles. The first-order valence-electron chi connectivity index (χ1n) is 5.85. The average molecular weight is 414 g/mol. The summed E-state index contributed by atoms with van der Waals surface area (Å²) in [7, 11) is 0. The monoisotopic (exact) mass is 412 g/mol. The van der Waals surface area contributed by atoms with Gasteiger partial charge in [-0.15, -0.1) is 0 Å². The van der Waals surface area contributed by atoms with Crippen LogP contribution in [0.15, 0.2) is 39.4 Å². The number of pyridine rings is 1. The van der Waals surface area contributed by atoms with Gasteiger partial charge in [0.2, 0.25) is 0 Å². The first-order chi connectivity index (χ1) is 9.88. The number of aromatic carboxylic acids is 1. The van der Waals surface area contributed by atoms with E-state index in [0.717, 1.165) is 14.5 Å². The van der Waals surface area contributed by atoms with E-state index in [1.54, 1.807) is 0 Å². The zero-order valence-corrected chi connectivity index (χ0v) is 14.0. The van der Waals surface area contributed by atoms with Crippen LogP contribution in [0, 0.1) is 6.92 Å². The van der Waals surface area contributed by atoms with Gasteiger partial charge in [0, 0.05) is 15.1 Å². The van der Waals surface area contributed by atoms with Gasteiger partial charge in [0.1, 0.15) is 5.69 Å². The molecule has 0 spiro atoms. The number of hydrogen-bond acceptors (Lipinski definition) is 3. The van der Waals surface area contributed by atoms with Crippen molar-refractivity contribution < 1.29 is 14.7 Å². The van der Waals surface area contributed by atoms with Gasteiger partial charge in [0.25, 0.3) is 5.91 Å². The Morgan fingerprint density at radius 3 is 2.29 bits per heavy atom. The summed E-state index contributed by atoms with van der Waals surface area (Å²) in [5.74, 6) is -1.50. The van der Waals surface area contributed by atoms with E-state index in [9.17, 15) is 9.59 Å². The summed E-state index contributed by atoms with van der Waals surface area (Å²) in [4.78, 5) is 26.6. The maximum atomic E-state index is 12.1. The highest BCUT2D eigenvalue weighted by molar-refractivity contribution is 9.11. The number of halogens is 2. The molecular formula is C14H10Br2N2O3. The molecule has 0 aliphatic rings. The van der Waals surface area contributed by atoms with E-state index in [1.807, 2.05) is 19.1 Å². The predicted molar refractivity (Wildman–Crippen MR) is 85.7 cm³/mol. The van der Waals surface area contributed by atoms with Crippen molar-refractivity contribution in [2.75, 3.05) is 5.32 Å². The van der Waals surface area contributed by atoms with Crippen LogP contribution in [0.25, 0.3) is 0 Å². The summed E-state index contributed by atoms with van der Waals surface area (Å²) in [6.07, 6.45) is 1.23. The molecule has 0 radical (unpaired) electrons. The first kappa shape index (κ1) is 15.7. The van der Waals surface area contributed by atoms with Gasteiger partial charge >= 0.3 is 5.97 Å². The Balaban J connectivity index is 2.24. The van der Waals surface area contributed by atoms with Gasteiger partial charge in [-0.25, -0.2) is 9.78 Å². The highest BCUT2D eigenvalue weighted by Crippen LogP contribution is 2.32. The highest BCUT2D eigenvalue weighted by atomic mass is 79.9. The number of nitrogens with one attached hydrogen (secondary N) is 1. The van der Waals surface area contributed by atoms with Crippen molar-refractivity contribution in [3.05, 3.63) is 56.2 Å². The van der Waals surface area contributed by atoms with Crippen molar-refractivity contribution in [3.8, 4) is 0 Å². The number of carboxylic acids is 1. The normalized spacial score (nSPS) is 10.2. The summed E-state index contributed by atoms with van der Waals surface area (Å²) < 4.78 is 1.50. The van der Waals surface area contributed by atoms with E-state index >= 15 is 0 Å². The molecule has 0 aliphatic heterocycles. The van der Waals surface area contributed by atoms with Gasteiger partial charge in [-0.3, -0.25) is 4.79 Å². The van der Waals surface area contributed by atoms with Crippen LogP contribution in [-0.4, -0.2) is 22.0 Å². The fourth-order valence-corrected chi connectivity index (χ4v) is 3.27. The Hall–Kier alpha value is -1.73. The Morgan fingerprint density at radius 2 is 1.81 bits per heavy atom. The predicted octanol–water partition coefficient (Wildman–Crippen LogP) is 3.87. The van der Waals surface area contributed by atoms with Crippen LogP contribution in [0.4, 0.5) is 5.69 Å². The minimum atomic E-state index is -1.13. The molecule has 5 nitrogen and oxygen atoms in total. The number of anilines is 1. The molecule has 2 rings (SSSR count). The summed E-state index contributed by atoms with van der Waals surface area (Å²) in [6, 6.07) is 6.47. The molecule has 0 atom stereocenters. The number of carboxylic acid groups (broad SMARTS) is 1. The largest absolute Gasteiger partial charge is 0.477 e. The third-order valence-corrected chi connectivity index (χ3v) is 3.92. The average Bonchev–Trinajstić information content (AvgIpc) is 2.42. The van der Waals surface area contributed by atoms with Gasteiger partial charge < -0.3 is 10.4 Å². The molecule has 1 aromatic carbocycles. The fourth-order valence-electron chi connectivity index (χ4n) is 1.66. The first-order valence-corrected chi connectivity index (χ1v) is 7.43. The Kier molecular flexibility index (Phi) is 4.74. The lowest BCUT2D eigenvalue weighted by Crippen LogP contribution is -2.14. The molecule has 1 heterocycles. The molecule has 2 N–H and O–H groups in total. The molecule has 0 unspecified atom stereocenters. The number of aryl methyl sites for hydroxylation is 1. The van der Waals surface area contributed by atoms with E-state index in [1.165, 1.54) is 18.3 Å². The number of carbonyl (C=O) groups excluding carboxylic acids is 1. The second-order valence-corrected chi connectivity index (χ2v) is 6.00. The molecule has 1 aromatic heterocycles. The van der Waals surface area contributed by atoms with Crippen molar-refractivity contribution in [1.82, 2.24) is 4.98 Å². The smallest absolute Gasteiger partial charge is 0.354 e. The quantitative estimate of drug-likeness (QED) is 0.800. The van der Waals surface area contributed by atoms with Gasteiger partial charge in [-0.2, -0.15) is 0 Å². The van der Waals surface area contributed by atoms with Crippen molar-refractivity contribution >= 4 is 49.4 Å². The van der Waals surface area contributed by atoms with Crippen LogP contribution in [0.1, 0.15) is 26.4 Å². The SMILES string of the molecule is Cc1cc(Br)c(NC(=O)c2ccc(C(=O)O)nc2)c(Br)c1. The van der Waals surface area contributed by atoms with Gasteiger partial charge in [0.05, 0.1) is 11.3 Å². The van der Waals surface area contributed by atoms with Gasteiger partial charge in [0.15, 0.2) is 0 Å². The Bertz CT molecular complexity index is 692. The zero-order chi connectivity index (χ0) is 15.6. The van der Waals surface area contributed by atoms with Crippen LogP contribution in [0.2, 0.25) is 0 Å². The third-order valence-electron chi connectivity index (χ3n) is 2.67. The number of hydrogen-bond donors (Lipinski definition) is 2. The molecule has 21 heavy (non-hydrogen) atoms. The van der Waals surface area contributed by atoms with E-state index in [4.69, 9.17) is 5.11 Å². The van der Waals surface area contributed by atoms with Crippen LogP contribution < -0.4 is 5.32 Å². The summed E-state index contributed by atoms with van der Waals surface area (Å²) in [5.41, 5.74) is 1.82. The van der Waals surface area contributed by atoms with Gasteiger partial charge in [-0.1, -0.05) is 0 Å². The Labute approximate surface area is 137 Å². The molecule has 0 saturated heterocycles. The van der Waals surface area contributed by atoms with Crippen LogP contribution in [0.5, 0.6) is 0 Å². The van der Waals surface area contributed by atoms with E-state index < -0.39 is 5.97 Å². The molecule has 0 aliphatic carbocycles. The molecule has 2 aromatic rings. The lowest BCUT2D eigenvalue weighted by atomic mass is 10.2. The molecule has 108 valence electrons. The number of nitrogens with zero attached hydrogens (tertiary/aromatic N) is 1. The highest BCUT2D eigenvalue weighted by Gasteiger charge is 2.13. The molecule has 0 bridgehead atoms. The summed E-state index contributed by atoms with van der Waals surface area (Å²) >= 11 is 6.78. The minimum Gasteiger partial charge on any atom is -0.477 e. The number of aromatic nitrogens is 1. The molecular weight excluding hydrogens is 404 g/mol. The topological polar surface area (TPSA) is 79.3 Å². The zero-order valence-electron chi connectivity index (χ0n) is 10.9. The van der Waals surface area contributed by atoms with Gasteiger partial charge in [-0.05, 0) is 68.6 Å².